The highest BCUT2D eigenvalue weighted by atomic mass is 16.5. The summed E-state index contributed by atoms with van der Waals surface area (Å²) < 4.78 is 7.97. The Balaban J connectivity index is 1.67. The van der Waals surface area contributed by atoms with Gasteiger partial charge in [0.15, 0.2) is 5.82 Å². The highest BCUT2D eigenvalue weighted by Gasteiger charge is 2.25. The monoisotopic (exact) mass is 378 g/mol. The molecule has 1 aliphatic rings. The molecule has 0 N–H and O–H groups in total. The van der Waals surface area contributed by atoms with E-state index in [1.54, 1.807) is 18.6 Å². The molecule has 4 rings (SSSR count). The van der Waals surface area contributed by atoms with E-state index in [1.165, 1.54) is 0 Å². The van der Waals surface area contributed by atoms with E-state index in [0.717, 1.165) is 42.5 Å². The Morgan fingerprint density at radius 2 is 2.00 bits per heavy atom. The molecule has 0 spiro atoms. The first-order valence-corrected chi connectivity index (χ1v) is 9.75. The van der Waals surface area contributed by atoms with Crippen molar-refractivity contribution in [1.82, 2.24) is 29.6 Å². The van der Waals surface area contributed by atoms with Gasteiger partial charge >= 0.3 is 0 Å². The topological polar surface area (TPSA) is 69.0 Å². The lowest BCUT2D eigenvalue weighted by atomic mass is 10.1. The van der Waals surface area contributed by atoms with Crippen molar-refractivity contribution >= 4 is 0 Å². The fourth-order valence-corrected chi connectivity index (χ4v) is 3.51. The largest absolute Gasteiger partial charge is 0.375 e. The van der Waals surface area contributed by atoms with Crippen molar-refractivity contribution in [3.8, 4) is 17.1 Å². The van der Waals surface area contributed by atoms with Gasteiger partial charge in [0.2, 0.25) is 0 Å². The molecule has 1 fully saturated rings. The molecule has 0 aromatic carbocycles. The van der Waals surface area contributed by atoms with E-state index in [2.05, 4.69) is 28.7 Å². The predicted octanol–water partition coefficient (Wildman–Crippen LogP) is 2.68. The fourth-order valence-electron chi connectivity index (χ4n) is 3.51. The zero-order chi connectivity index (χ0) is 19.5. The first kappa shape index (κ1) is 18.7. The van der Waals surface area contributed by atoms with Gasteiger partial charge in [0.25, 0.3) is 0 Å². The van der Waals surface area contributed by atoms with E-state index in [9.17, 15) is 0 Å². The van der Waals surface area contributed by atoms with Gasteiger partial charge in [0.05, 0.1) is 18.4 Å². The summed E-state index contributed by atoms with van der Waals surface area (Å²) in [6.45, 7) is 9.08. The molecule has 0 amide bonds. The lowest BCUT2D eigenvalue weighted by molar-refractivity contribution is -0.0387. The minimum atomic E-state index is 0.104. The summed E-state index contributed by atoms with van der Waals surface area (Å²) in [5.74, 6) is 1.59. The summed E-state index contributed by atoms with van der Waals surface area (Å²) in [6, 6.07) is 8.36. The standard InChI is InChI=1S/C21H26N6O/c1-15(2)26-10-11-28-19(14-26)13-20-24-21(17-4-7-22-8-5-17)25-27(20)18-6-9-23-16(3)12-18/h4-9,12,15,19H,10-11,13-14H2,1-3H3/t19-/m1/s1. The van der Waals surface area contributed by atoms with E-state index in [-0.39, 0.29) is 6.10 Å². The van der Waals surface area contributed by atoms with Crippen molar-refractivity contribution in [3.05, 3.63) is 54.4 Å². The average molecular weight is 378 g/mol. The summed E-state index contributed by atoms with van der Waals surface area (Å²) >= 11 is 0. The number of pyridine rings is 2. The zero-order valence-corrected chi connectivity index (χ0v) is 16.6. The lowest BCUT2D eigenvalue weighted by Crippen LogP contribution is -2.46. The van der Waals surface area contributed by atoms with Crippen LogP contribution in [0, 0.1) is 6.92 Å². The van der Waals surface area contributed by atoms with Gasteiger partial charge in [-0.05, 0) is 45.0 Å². The van der Waals surface area contributed by atoms with Crippen LogP contribution in [0.3, 0.4) is 0 Å². The first-order chi connectivity index (χ1) is 13.6. The maximum atomic E-state index is 6.05. The van der Waals surface area contributed by atoms with Crippen LogP contribution in [0.4, 0.5) is 0 Å². The second-order valence-corrected chi connectivity index (χ2v) is 7.44. The van der Waals surface area contributed by atoms with Gasteiger partial charge in [-0.1, -0.05) is 0 Å². The normalized spacial score (nSPS) is 17.9. The SMILES string of the molecule is Cc1cc(-n2nc(-c3ccncc3)nc2C[C@@H]2CN(C(C)C)CCO2)ccn1. The molecule has 0 radical (unpaired) electrons. The number of aromatic nitrogens is 5. The van der Waals surface area contributed by atoms with Crippen LogP contribution in [0.2, 0.25) is 0 Å². The molecule has 4 heterocycles. The number of rotatable bonds is 5. The molecule has 0 unspecified atom stereocenters. The van der Waals surface area contributed by atoms with E-state index in [4.69, 9.17) is 14.8 Å². The molecule has 0 bridgehead atoms. The molecule has 7 heteroatoms. The number of hydrogen-bond acceptors (Lipinski definition) is 6. The maximum Gasteiger partial charge on any atom is 0.181 e. The summed E-state index contributed by atoms with van der Waals surface area (Å²) in [6.07, 6.45) is 6.14. The van der Waals surface area contributed by atoms with E-state index in [0.29, 0.717) is 18.3 Å². The summed E-state index contributed by atoms with van der Waals surface area (Å²) in [7, 11) is 0. The quantitative estimate of drug-likeness (QED) is 0.680. The Hall–Kier alpha value is -2.64. The molecular weight excluding hydrogens is 352 g/mol. The highest BCUT2D eigenvalue weighted by molar-refractivity contribution is 5.54. The molecule has 1 atom stereocenters. The van der Waals surface area contributed by atoms with Crippen LogP contribution in [-0.4, -0.2) is 61.5 Å². The van der Waals surface area contributed by atoms with Gasteiger partial charge in [-0.2, -0.15) is 0 Å². The van der Waals surface area contributed by atoms with Crippen molar-refractivity contribution in [2.45, 2.75) is 39.3 Å². The first-order valence-electron chi connectivity index (χ1n) is 9.75. The number of morpholine rings is 1. The van der Waals surface area contributed by atoms with Crippen molar-refractivity contribution in [2.24, 2.45) is 0 Å². The van der Waals surface area contributed by atoms with Crippen LogP contribution in [-0.2, 0) is 11.2 Å². The molecule has 7 nitrogen and oxygen atoms in total. The Morgan fingerprint density at radius 3 is 2.75 bits per heavy atom. The van der Waals surface area contributed by atoms with Gasteiger partial charge in [0.1, 0.15) is 5.82 Å². The smallest absolute Gasteiger partial charge is 0.181 e. The predicted molar refractivity (Wildman–Crippen MR) is 107 cm³/mol. The second-order valence-electron chi connectivity index (χ2n) is 7.44. The molecule has 28 heavy (non-hydrogen) atoms. The molecular formula is C21H26N6O. The molecule has 1 aliphatic heterocycles. The third-order valence-electron chi connectivity index (χ3n) is 5.05. The number of aryl methyl sites for hydroxylation is 1. The van der Waals surface area contributed by atoms with Crippen molar-refractivity contribution in [2.75, 3.05) is 19.7 Å². The van der Waals surface area contributed by atoms with Crippen LogP contribution in [0.5, 0.6) is 0 Å². The van der Waals surface area contributed by atoms with Gasteiger partial charge in [0, 0.05) is 55.4 Å². The lowest BCUT2D eigenvalue weighted by Gasteiger charge is -2.35. The molecule has 3 aromatic heterocycles. The second kappa shape index (κ2) is 8.16. The van der Waals surface area contributed by atoms with Crippen LogP contribution in [0.25, 0.3) is 17.1 Å². The Labute approximate surface area is 165 Å². The van der Waals surface area contributed by atoms with Gasteiger partial charge in [-0.15, -0.1) is 5.10 Å². The third-order valence-corrected chi connectivity index (χ3v) is 5.05. The Bertz CT molecular complexity index is 924. The molecule has 146 valence electrons. The number of nitrogens with zero attached hydrogens (tertiary/aromatic N) is 6. The maximum absolute atomic E-state index is 6.05. The number of hydrogen-bond donors (Lipinski definition) is 0. The van der Waals surface area contributed by atoms with Crippen LogP contribution in [0.15, 0.2) is 42.9 Å². The van der Waals surface area contributed by atoms with Crippen LogP contribution >= 0.6 is 0 Å². The van der Waals surface area contributed by atoms with Crippen LogP contribution < -0.4 is 0 Å². The van der Waals surface area contributed by atoms with E-state index in [1.807, 2.05) is 35.9 Å². The van der Waals surface area contributed by atoms with E-state index < -0.39 is 0 Å². The summed E-state index contributed by atoms with van der Waals surface area (Å²) in [5.41, 5.74) is 2.87. The van der Waals surface area contributed by atoms with Gasteiger partial charge in [-0.25, -0.2) is 9.67 Å². The highest BCUT2D eigenvalue weighted by Crippen LogP contribution is 2.20. The third kappa shape index (κ3) is 4.10. The van der Waals surface area contributed by atoms with Gasteiger partial charge in [-0.3, -0.25) is 14.9 Å². The Kier molecular flexibility index (Phi) is 5.45. The average Bonchev–Trinajstić information content (AvgIpc) is 3.13. The Morgan fingerprint density at radius 1 is 1.18 bits per heavy atom. The minimum absolute atomic E-state index is 0.104. The van der Waals surface area contributed by atoms with E-state index >= 15 is 0 Å². The zero-order valence-electron chi connectivity index (χ0n) is 16.6. The summed E-state index contributed by atoms with van der Waals surface area (Å²) in [5, 5.41) is 4.79. The molecule has 0 aliphatic carbocycles. The molecule has 1 saturated heterocycles. The molecule has 0 saturated carbocycles. The van der Waals surface area contributed by atoms with Gasteiger partial charge < -0.3 is 4.74 Å². The fraction of sp³-hybridized carbons (Fsp3) is 0.429. The molecule has 3 aromatic rings. The summed E-state index contributed by atoms with van der Waals surface area (Å²) in [4.78, 5) is 15.7. The van der Waals surface area contributed by atoms with Crippen molar-refractivity contribution in [3.63, 3.8) is 0 Å². The minimum Gasteiger partial charge on any atom is -0.375 e. The van der Waals surface area contributed by atoms with Crippen molar-refractivity contribution in [1.29, 1.82) is 0 Å². The van der Waals surface area contributed by atoms with Crippen LogP contribution in [0.1, 0.15) is 25.4 Å². The number of ether oxygens (including phenoxy) is 1. The van der Waals surface area contributed by atoms with Crippen molar-refractivity contribution < 1.29 is 4.74 Å².